The van der Waals surface area contributed by atoms with Crippen LogP contribution in [0.15, 0.2) is 12.2 Å². The van der Waals surface area contributed by atoms with E-state index in [9.17, 15) is 9.59 Å². The second-order valence-corrected chi connectivity index (χ2v) is 5.76. The molecule has 134 valence electrons. The van der Waals surface area contributed by atoms with Crippen LogP contribution >= 0.6 is 0 Å². The third kappa shape index (κ3) is 18.6. The molecule has 2 N–H and O–H groups in total. The lowest BCUT2D eigenvalue weighted by atomic mass is 10.1. The maximum Gasteiger partial charge on any atom is 0.327 e. The molecule has 0 aliphatic carbocycles. The highest BCUT2D eigenvalue weighted by molar-refractivity contribution is 5.79. The highest BCUT2D eigenvalue weighted by Crippen LogP contribution is 2.08. The molecule has 0 aromatic rings. The zero-order valence-electron chi connectivity index (χ0n) is 14.2. The molecule has 0 atom stereocenters. The predicted molar refractivity (Wildman–Crippen MR) is 90.2 cm³/mol. The number of esters is 1. The molecule has 0 fully saturated rings. The van der Waals surface area contributed by atoms with Gasteiger partial charge in [-0.05, 0) is 32.1 Å². The van der Waals surface area contributed by atoms with Crippen LogP contribution in [-0.4, -0.2) is 35.4 Å². The Morgan fingerprint density at radius 2 is 1.43 bits per heavy atom. The van der Waals surface area contributed by atoms with Crippen molar-refractivity contribution in [3.63, 3.8) is 0 Å². The van der Waals surface area contributed by atoms with Gasteiger partial charge >= 0.3 is 11.9 Å². The largest absolute Gasteiger partial charge is 0.478 e. The SMILES string of the molecule is O=C(O)/C=C/CCCCCCCOC(=O)CCCCCCCO. The summed E-state index contributed by atoms with van der Waals surface area (Å²) in [6.45, 7) is 0.753. The standard InChI is InChI=1S/C18H32O5/c19-15-11-7-4-6-10-14-18(22)23-16-12-8-3-1-2-5-9-13-17(20)21/h9,13,19H,1-8,10-12,14-16H2,(H,20,21)/b13-9+. The molecule has 0 aromatic carbocycles. The van der Waals surface area contributed by atoms with Gasteiger partial charge in [-0.2, -0.15) is 0 Å². The summed E-state index contributed by atoms with van der Waals surface area (Å²) in [6.07, 6.45) is 14.1. The van der Waals surface area contributed by atoms with Crippen molar-refractivity contribution < 1.29 is 24.5 Å². The Hall–Kier alpha value is -1.36. The first-order valence-corrected chi connectivity index (χ1v) is 8.82. The number of hydrogen-bond donors (Lipinski definition) is 2. The van der Waals surface area contributed by atoms with Gasteiger partial charge in [-0.25, -0.2) is 4.79 Å². The summed E-state index contributed by atoms with van der Waals surface area (Å²) >= 11 is 0. The maximum absolute atomic E-state index is 11.5. The molecule has 0 aliphatic rings. The van der Waals surface area contributed by atoms with Gasteiger partial charge in [-0.15, -0.1) is 0 Å². The Morgan fingerprint density at radius 3 is 2.13 bits per heavy atom. The topological polar surface area (TPSA) is 83.8 Å². The lowest BCUT2D eigenvalue weighted by Gasteiger charge is -2.05. The molecule has 0 radical (unpaired) electrons. The van der Waals surface area contributed by atoms with Crippen molar-refractivity contribution >= 4 is 11.9 Å². The van der Waals surface area contributed by atoms with Crippen LogP contribution in [0.25, 0.3) is 0 Å². The van der Waals surface area contributed by atoms with E-state index in [-0.39, 0.29) is 12.6 Å². The van der Waals surface area contributed by atoms with Crippen LogP contribution in [0.1, 0.15) is 77.0 Å². The van der Waals surface area contributed by atoms with Gasteiger partial charge in [-0.3, -0.25) is 4.79 Å². The quantitative estimate of drug-likeness (QED) is 0.255. The van der Waals surface area contributed by atoms with Gasteiger partial charge in [0.05, 0.1) is 6.61 Å². The molecule has 0 amide bonds. The van der Waals surface area contributed by atoms with Crippen LogP contribution in [0.2, 0.25) is 0 Å². The number of allylic oxidation sites excluding steroid dienone is 1. The van der Waals surface area contributed by atoms with Gasteiger partial charge in [0.25, 0.3) is 0 Å². The van der Waals surface area contributed by atoms with Crippen molar-refractivity contribution in [3.05, 3.63) is 12.2 Å². The zero-order chi connectivity index (χ0) is 17.2. The molecule has 5 nitrogen and oxygen atoms in total. The van der Waals surface area contributed by atoms with E-state index in [1.807, 2.05) is 0 Å². The minimum absolute atomic E-state index is 0.106. The van der Waals surface area contributed by atoms with Crippen LogP contribution in [0.3, 0.4) is 0 Å². The van der Waals surface area contributed by atoms with Crippen molar-refractivity contribution in [2.45, 2.75) is 77.0 Å². The van der Waals surface area contributed by atoms with Crippen molar-refractivity contribution in [1.82, 2.24) is 0 Å². The van der Waals surface area contributed by atoms with Crippen LogP contribution in [0.5, 0.6) is 0 Å². The van der Waals surface area contributed by atoms with Gasteiger partial charge in [0.1, 0.15) is 0 Å². The third-order valence-electron chi connectivity index (χ3n) is 3.58. The highest BCUT2D eigenvalue weighted by Gasteiger charge is 2.02. The number of carboxylic acid groups (broad SMARTS) is 1. The number of hydrogen-bond acceptors (Lipinski definition) is 4. The molecule has 0 aromatic heterocycles. The molecule has 0 unspecified atom stereocenters. The van der Waals surface area contributed by atoms with Crippen LogP contribution in [0, 0.1) is 0 Å². The highest BCUT2D eigenvalue weighted by atomic mass is 16.5. The van der Waals surface area contributed by atoms with Crippen molar-refractivity contribution in [2.75, 3.05) is 13.2 Å². The average Bonchev–Trinajstić information content (AvgIpc) is 2.52. The maximum atomic E-state index is 11.5. The number of aliphatic carboxylic acids is 1. The summed E-state index contributed by atoms with van der Waals surface area (Å²) < 4.78 is 5.19. The Kier molecular flexibility index (Phi) is 16.0. The summed E-state index contributed by atoms with van der Waals surface area (Å²) in [5, 5.41) is 17.1. The molecule has 23 heavy (non-hydrogen) atoms. The van der Waals surface area contributed by atoms with E-state index in [0.29, 0.717) is 13.0 Å². The molecule has 5 heteroatoms. The van der Waals surface area contributed by atoms with E-state index in [2.05, 4.69) is 0 Å². The number of aliphatic hydroxyl groups is 1. The second-order valence-electron chi connectivity index (χ2n) is 5.76. The van der Waals surface area contributed by atoms with E-state index in [4.69, 9.17) is 14.9 Å². The molecule has 0 rings (SSSR count). The number of carbonyl (C=O) groups is 2. The minimum Gasteiger partial charge on any atom is -0.478 e. The van der Waals surface area contributed by atoms with E-state index in [1.165, 1.54) is 6.08 Å². The summed E-state index contributed by atoms with van der Waals surface area (Å²) in [7, 11) is 0. The Balaban J connectivity index is 3.22. The average molecular weight is 328 g/mol. The monoisotopic (exact) mass is 328 g/mol. The molecular weight excluding hydrogens is 296 g/mol. The van der Waals surface area contributed by atoms with Crippen LogP contribution < -0.4 is 0 Å². The summed E-state index contributed by atoms with van der Waals surface area (Å²) in [6, 6.07) is 0. The number of carboxylic acids is 1. The number of aliphatic hydroxyl groups excluding tert-OH is 1. The van der Waals surface area contributed by atoms with Gasteiger partial charge in [0.15, 0.2) is 0 Å². The Bertz CT molecular complexity index is 325. The molecule has 0 aliphatic heterocycles. The number of unbranched alkanes of at least 4 members (excludes halogenated alkanes) is 9. The molecule has 0 saturated carbocycles. The van der Waals surface area contributed by atoms with Gasteiger partial charge in [0.2, 0.25) is 0 Å². The first-order chi connectivity index (χ1) is 11.2. The van der Waals surface area contributed by atoms with Gasteiger partial charge < -0.3 is 14.9 Å². The second kappa shape index (κ2) is 17.0. The number of carbonyl (C=O) groups excluding carboxylic acids is 1. The van der Waals surface area contributed by atoms with E-state index in [0.717, 1.165) is 70.6 Å². The smallest absolute Gasteiger partial charge is 0.327 e. The van der Waals surface area contributed by atoms with E-state index >= 15 is 0 Å². The lowest BCUT2D eigenvalue weighted by Crippen LogP contribution is -2.05. The third-order valence-corrected chi connectivity index (χ3v) is 3.58. The van der Waals surface area contributed by atoms with Crippen molar-refractivity contribution in [1.29, 1.82) is 0 Å². The first-order valence-electron chi connectivity index (χ1n) is 8.82. The minimum atomic E-state index is -0.892. The van der Waals surface area contributed by atoms with E-state index < -0.39 is 5.97 Å². The summed E-state index contributed by atoms with van der Waals surface area (Å²) in [5.41, 5.74) is 0. The van der Waals surface area contributed by atoms with Gasteiger partial charge in [0, 0.05) is 19.1 Å². The van der Waals surface area contributed by atoms with E-state index in [1.54, 1.807) is 6.08 Å². The molecular formula is C18H32O5. The molecule has 0 bridgehead atoms. The lowest BCUT2D eigenvalue weighted by molar-refractivity contribution is -0.144. The molecule has 0 heterocycles. The van der Waals surface area contributed by atoms with Gasteiger partial charge in [-0.1, -0.05) is 44.6 Å². The fraction of sp³-hybridized carbons (Fsp3) is 0.778. The van der Waals surface area contributed by atoms with Crippen LogP contribution in [-0.2, 0) is 14.3 Å². The van der Waals surface area contributed by atoms with Crippen molar-refractivity contribution in [3.8, 4) is 0 Å². The Morgan fingerprint density at radius 1 is 0.826 bits per heavy atom. The Labute approximate surface area is 139 Å². The predicted octanol–water partition coefficient (Wildman–Crippen LogP) is 3.84. The molecule has 0 saturated heterocycles. The summed E-state index contributed by atoms with van der Waals surface area (Å²) in [5.74, 6) is -0.997. The fourth-order valence-corrected chi connectivity index (χ4v) is 2.25. The van der Waals surface area contributed by atoms with Crippen LogP contribution in [0.4, 0.5) is 0 Å². The number of rotatable bonds is 16. The van der Waals surface area contributed by atoms with Crippen molar-refractivity contribution in [2.24, 2.45) is 0 Å². The zero-order valence-corrected chi connectivity index (χ0v) is 14.2. The summed E-state index contributed by atoms with van der Waals surface area (Å²) in [4.78, 5) is 21.7. The molecule has 0 spiro atoms. The normalized spacial score (nSPS) is 11.0. The fourth-order valence-electron chi connectivity index (χ4n) is 2.25. The first kappa shape index (κ1) is 21.6. The number of ether oxygens (including phenoxy) is 1.